The van der Waals surface area contributed by atoms with Crippen molar-refractivity contribution in [3.63, 3.8) is 0 Å². The molecule has 0 aliphatic rings. The number of aromatic nitrogens is 2. The van der Waals surface area contributed by atoms with Gasteiger partial charge in [-0.05, 0) is 42.8 Å². The lowest BCUT2D eigenvalue weighted by Gasteiger charge is -2.08. The number of hydrogen-bond donors (Lipinski definition) is 1. The van der Waals surface area contributed by atoms with Gasteiger partial charge in [0.05, 0.1) is 22.2 Å². The molecule has 7 heteroatoms. The molecule has 2 heterocycles. The maximum Gasteiger partial charge on any atom is 0.274 e. The van der Waals surface area contributed by atoms with Crippen LogP contribution in [0.15, 0.2) is 45.7 Å². The number of thiazole rings is 1. The second-order valence-corrected chi connectivity index (χ2v) is 7.27. The standard InChI is InChI=1S/C18H13BrN2O3S/c1-2-24-15-7-10(11(19)9-14(15)22)8-16-17(23)21-13-6-4-3-5-12(13)20-18(21)25-16/h3-9,22H,2H2,1H3/b16-8-. The van der Waals surface area contributed by atoms with Crippen molar-refractivity contribution in [2.24, 2.45) is 0 Å². The van der Waals surface area contributed by atoms with E-state index < -0.39 is 0 Å². The van der Waals surface area contributed by atoms with Crippen molar-refractivity contribution in [3.8, 4) is 11.5 Å². The number of hydrogen-bond acceptors (Lipinski definition) is 5. The monoisotopic (exact) mass is 416 g/mol. The third kappa shape index (κ3) is 2.69. The second-order valence-electron chi connectivity index (χ2n) is 5.41. The van der Waals surface area contributed by atoms with Gasteiger partial charge >= 0.3 is 0 Å². The van der Waals surface area contributed by atoms with E-state index in [2.05, 4.69) is 20.9 Å². The lowest BCUT2D eigenvalue weighted by atomic mass is 10.2. The molecule has 0 saturated carbocycles. The molecule has 0 amide bonds. The molecule has 5 nitrogen and oxygen atoms in total. The number of aromatic hydroxyl groups is 1. The third-order valence-electron chi connectivity index (χ3n) is 3.81. The second kappa shape index (κ2) is 6.16. The van der Waals surface area contributed by atoms with Gasteiger partial charge in [-0.3, -0.25) is 4.79 Å². The molecule has 0 unspecified atom stereocenters. The molecule has 0 bridgehead atoms. The summed E-state index contributed by atoms with van der Waals surface area (Å²) in [5.74, 6) is 0.441. The molecular weight excluding hydrogens is 404 g/mol. The van der Waals surface area contributed by atoms with Crippen molar-refractivity contribution in [2.75, 3.05) is 6.61 Å². The average molecular weight is 417 g/mol. The number of para-hydroxylation sites is 2. The Balaban J connectivity index is 1.94. The topological polar surface area (TPSA) is 63.8 Å². The zero-order valence-electron chi connectivity index (χ0n) is 13.2. The molecule has 25 heavy (non-hydrogen) atoms. The van der Waals surface area contributed by atoms with E-state index in [1.807, 2.05) is 31.2 Å². The molecule has 2 aromatic carbocycles. The average Bonchev–Trinajstić information content (AvgIpc) is 3.09. The molecule has 0 aliphatic heterocycles. The highest BCUT2D eigenvalue weighted by molar-refractivity contribution is 9.10. The van der Waals surface area contributed by atoms with Crippen molar-refractivity contribution in [2.45, 2.75) is 6.92 Å². The molecular formula is C18H13BrN2O3S. The molecule has 126 valence electrons. The van der Waals surface area contributed by atoms with Crippen molar-refractivity contribution in [1.82, 2.24) is 9.38 Å². The van der Waals surface area contributed by atoms with Crippen LogP contribution in [0.4, 0.5) is 0 Å². The van der Waals surface area contributed by atoms with E-state index in [1.165, 1.54) is 11.3 Å². The molecule has 0 fully saturated rings. The van der Waals surface area contributed by atoms with Crippen LogP contribution < -0.4 is 14.8 Å². The highest BCUT2D eigenvalue weighted by Crippen LogP contribution is 2.33. The number of nitrogens with zero attached hydrogens (tertiary/aromatic N) is 2. The lowest BCUT2D eigenvalue weighted by molar-refractivity contribution is 0.318. The zero-order chi connectivity index (χ0) is 17.6. The maximum atomic E-state index is 12.8. The first kappa shape index (κ1) is 16.1. The van der Waals surface area contributed by atoms with Crippen LogP contribution in [0.3, 0.4) is 0 Å². The van der Waals surface area contributed by atoms with Crippen LogP contribution in [-0.2, 0) is 0 Å². The number of fused-ring (bicyclic) bond motifs is 3. The van der Waals surface area contributed by atoms with Crippen LogP contribution in [-0.4, -0.2) is 21.1 Å². The molecule has 4 rings (SSSR count). The first-order valence-corrected chi connectivity index (χ1v) is 9.26. The van der Waals surface area contributed by atoms with E-state index in [-0.39, 0.29) is 11.3 Å². The van der Waals surface area contributed by atoms with E-state index in [4.69, 9.17) is 4.74 Å². The van der Waals surface area contributed by atoms with Crippen LogP contribution >= 0.6 is 27.3 Å². The largest absolute Gasteiger partial charge is 0.504 e. The van der Waals surface area contributed by atoms with Crippen molar-refractivity contribution < 1.29 is 9.84 Å². The minimum absolute atomic E-state index is 0.0557. The van der Waals surface area contributed by atoms with E-state index >= 15 is 0 Å². The number of imidazole rings is 1. The summed E-state index contributed by atoms with van der Waals surface area (Å²) in [6.45, 7) is 2.29. The van der Waals surface area contributed by atoms with Crippen LogP contribution in [0, 0.1) is 0 Å². The summed E-state index contributed by atoms with van der Waals surface area (Å²) in [6.07, 6.45) is 1.78. The predicted octanol–water partition coefficient (Wildman–Crippen LogP) is 3.32. The Hall–Kier alpha value is -2.38. The predicted molar refractivity (Wildman–Crippen MR) is 103 cm³/mol. The molecule has 2 aromatic heterocycles. The zero-order valence-corrected chi connectivity index (χ0v) is 15.6. The number of benzene rings is 2. The Labute approximate surface area is 154 Å². The highest BCUT2D eigenvalue weighted by Gasteiger charge is 2.12. The van der Waals surface area contributed by atoms with Crippen LogP contribution in [0.5, 0.6) is 11.5 Å². The lowest BCUT2D eigenvalue weighted by Crippen LogP contribution is -2.22. The van der Waals surface area contributed by atoms with E-state index in [9.17, 15) is 9.90 Å². The molecule has 0 spiro atoms. The summed E-state index contributed by atoms with van der Waals surface area (Å²) in [5.41, 5.74) is 2.26. The van der Waals surface area contributed by atoms with Gasteiger partial charge in [0, 0.05) is 4.47 Å². The number of ether oxygens (including phenoxy) is 1. The third-order valence-corrected chi connectivity index (χ3v) is 5.47. The van der Waals surface area contributed by atoms with Gasteiger partial charge in [0.15, 0.2) is 16.5 Å². The fourth-order valence-electron chi connectivity index (χ4n) is 2.69. The Morgan fingerprint density at radius 2 is 2.16 bits per heavy atom. The van der Waals surface area contributed by atoms with Crippen LogP contribution in [0.1, 0.15) is 12.5 Å². The van der Waals surface area contributed by atoms with Gasteiger partial charge in [0.2, 0.25) is 0 Å². The summed E-state index contributed by atoms with van der Waals surface area (Å²) in [5, 5.41) is 9.93. The highest BCUT2D eigenvalue weighted by atomic mass is 79.9. The Morgan fingerprint density at radius 3 is 2.96 bits per heavy atom. The Bertz CT molecular complexity index is 1210. The molecule has 0 saturated heterocycles. The summed E-state index contributed by atoms with van der Waals surface area (Å²) in [4.78, 5) is 18.0. The molecule has 0 radical (unpaired) electrons. The number of phenols is 1. The van der Waals surface area contributed by atoms with E-state index in [0.29, 0.717) is 26.3 Å². The van der Waals surface area contributed by atoms with Gasteiger partial charge in [0.1, 0.15) is 0 Å². The summed E-state index contributed by atoms with van der Waals surface area (Å²) in [6, 6.07) is 10.8. The minimum Gasteiger partial charge on any atom is -0.504 e. The Kier molecular flexibility index (Phi) is 3.97. The fourth-order valence-corrected chi connectivity index (χ4v) is 4.12. The first-order valence-electron chi connectivity index (χ1n) is 7.65. The molecule has 0 aliphatic carbocycles. The van der Waals surface area contributed by atoms with Gasteiger partial charge < -0.3 is 9.84 Å². The van der Waals surface area contributed by atoms with Crippen LogP contribution in [0.2, 0.25) is 0 Å². The van der Waals surface area contributed by atoms with Gasteiger partial charge in [-0.15, -0.1) is 0 Å². The first-order chi connectivity index (χ1) is 12.1. The van der Waals surface area contributed by atoms with Gasteiger partial charge in [-0.1, -0.05) is 39.4 Å². The van der Waals surface area contributed by atoms with E-state index in [0.717, 1.165) is 16.6 Å². The van der Waals surface area contributed by atoms with Crippen LogP contribution in [0.25, 0.3) is 22.1 Å². The SMILES string of the molecule is CCOc1cc(/C=c2\sc3nc4ccccc4n3c2=O)c(Br)cc1O. The molecule has 0 atom stereocenters. The van der Waals surface area contributed by atoms with Crippen molar-refractivity contribution in [1.29, 1.82) is 0 Å². The van der Waals surface area contributed by atoms with Gasteiger partial charge in [0.25, 0.3) is 5.56 Å². The number of phenolic OH excluding ortho intramolecular Hbond substituents is 1. The maximum absolute atomic E-state index is 12.8. The smallest absolute Gasteiger partial charge is 0.274 e. The van der Waals surface area contributed by atoms with E-state index in [1.54, 1.807) is 22.6 Å². The van der Waals surface area contributed by atoms with Crippen molar-refractivity contribution in [3.05, 3.63) is 61.3 Å². The minimum atomic E-state index is -0.105. The summed E-state index contributed by atoms with van der Waals surface area (Å²) < 4.78 is 8.30. The Morgan fingerprint density at radius 1 is 1.36 bits per heavy atom. The number of rotatable bonds is 3. The molecule has 1 N–H and O–H groups in total. The summed E-state index contributed by atoms with van der Waals surface area (Å²) in [7, 11) is 0. The normalized spacial score (nSPS) is 12.3. The molecule has 4 aromatic rings. The van der Waals surface area contributed by atoms with Gasteiger partial charge in [-0.2, -0.15) is 0 Å². The van der Waals surface area contributed by atoms with Gasteiger partial charge in [-0.25, -0.2) is 9.38 Å². The quantitative estimate of drug-likeness (QED) is 0.556. The fraction of sp³-hybridized carbons (Fsp3) is 0.111. The van der Waals surface area contributed by atoms with Crippen molar-refractivity contribution >= 4 is 49.3 Å². The summed E-state index contributed by atoms with van der Waals surface area (Å²) >= 11 is 4.76. The number of halogens is 1.